The molecule has 3 rings (SSSR count). The number of hydrogen-bond donors (Lipinski definition) is 1. The SMILES string of the molecule is NC(=NCc1ccnc(OC(F)F)c1)N1CCN(c2ccc(F)cc2)CC1. The van der Waals surface area contributed by atoms with Gasteiger partial charge in [-0.05, 0) is 35.9 Å². The molecule has 2 heterocycles. The molecule has 0 spiro atoms. The quantitative estimate of drug-likeness (QED) is 0.639. The van der Waals surface area contributed by atoms with E-state index in [2.05, 4.69) is 19.6 Å². The molecular formula is C18H20F3N5O. The van der Waals surface area contributed by atoms with Crippen LogP contribution in [-0.2, 0) is 6.54 Å². The van der Waals surface area contributed by atoms with Crippen molar-refractivity contribution in [2.75, 3.05) is 31.1 Å². The monoisotopic (exact) mass is 379 g/mol. The zero-order valence-electron chi connectivity index (χ0n) is 14.6. The van der Waals surface area contributed by atoms with Gasteiger partial charge in [0.2, 0.25) is 5.88 Å². The van der Waals surface area contributed by atoms with Gasteiger partial charge in [0, 0.05) is 44.1 Å². The Morgan fingerprint density at radius 2 is 1.85 bits per heavy atom. The van der Waals surface area contributed by atoms with E-state index >= 15 is 0 Å². The van der Waals surface area contributed by atoms with Gasteiger partial charge in [0.05, 0.1) is 6.54 Å². The number of halogens is 3. The maximum absolute atomic E-state index is 13.0. The van der Waals surface area contributed by atoms with Crippen LogP contribution >= 0.6 is 0 Å². The van der Waals surface area contributed by atoms with Gasteiger partial charge in [0.1, 0.15) is 5.82 Å². The van der Waals surface area contributed by atoms with Crippen LogP contribution in [0.3, 0.4) is 0 Å². The predicted octanol–water partition coefficient (Wildman–Crippen LogP) is 2.46. The Balaban J connectivity index is 1.54. The molecule has 144 valence electrons. The molecule has 0 unspecified atom stereocenters. The molecule has 0 atom stereocenters. The van der Waals surface area contributed by atoms with E-state index in [0.29, 0.717) is 24.6 Å². The van der Waals surface area contributed by atoms with Gasteiger partial charge in [-0.3, -0.25) is 0 Å². The van der Waals surface area contributed by atoms with Gasteiger partial charge >= 0.3 is 6.61 Å². The summed E-state index contributed by atoms with van der Waals surface area (Å²) >= 11 is 0. The molecule has 0 saturated carbocycles. The van der Waals surface area contributed by atoms with Gasteiger partial charge < -0.3 is 20.3 Å². The number of nitrogens with two attached hydrogens (primary N) is 1. The number of nitrogens with zero attached hydrogens (tertiary/aromatic N) is 4. The van der Waals surface area contributed by atoms with E-state index in [4.69, 9.17) is 5.73 Å². The summed E-state index contributed by atoms with van der Waals surface area (Å²) in [5.41, 5.74) is 7.70. The lowest BCUT2D eigenvalue weighted by Gasteiger charge is -2.36. The maximum atomic E-state index is 13.0. The number of aromatic nitrogens is 1. The topological polar surface area (TPSA) is 67.0 Å². The highest BCUT2D eigenvalue weighted by atomic mass is 19.3. The summed E-state index contributed by atoms with van der Waals surface area (Å²) < 4.78 is 41.8. The van der Waals surface area contributed by atoms with Crippen LogP contribution in [0, 0.1) is 5.82 Å². The number of ether oxygens (including phenoxy) is 1. The molecule has 0 bridgehead atoms. The first-order chi connectivity index (χ1) is 13.0. The summed E-state index contributed by atoms with van der Waals surface area (Å²) in [6, 6.07) is 9.48. The second-order valence-electron chi connectivity index (χ2n) is 6.01. The third-order valence-corrected chi connectivity index (χ3v) is 4.23. The fourth-order valence-corrected chi connectivity index (χ4v) is 2.82. The molecule has 2 N–H and O–H groups in total. The van der Waals surface area contributed by atoms with Crippen molar-refractivity contribution in [2.24, 2.45) is 10.7 Å². The van der Waals surface area contributed by atoms with Crippen molar-refractivity contribution in [3.8, 4) is 5.88 Å². The average Bonchev–Trinajstić information content (AvgIpc) is 2.67. The molecule has 1 aliphatic rings. The molecule has 2 aromatic rings. The molecule has 1 aromatic carbocycles. The van der Waals surface area contributed by atoms with E-state index in [1.54, 1.807) is 18.2 Å². The molecule has 1 fully saturated rings. The summed E-state index contributed by atoms with van der Waals surface area (Å²) in [4.78, 5) is 12.2. The average molecular weight is 379 g/mol. The normalized spacial score (nSPS) is 15.3. The number of alkyl halides is 2. The van der Waals surface area contributed by atoms with E-state index < -0.39 is 6.61 Å². The number of guanidine groups is 1. The highest BCUT2D eigenvalue weighted by molar-refractivity contribution is 5.78. The molecule has 27 heavy (non-hydrogen) atoms. The molecule has 9 heteroatoms. The van der Waals surface area contributed by atoms with E-state index in [1.165, 1.54) is 24.4 Å². The molecule has 0 aliphatic carbocycles. The van der Waals surface area contributed by atoms with E-state index in [-0.39, 0.29) is 18.2 Å². The summed E-state index contributed by atoms with van der Waals surface area (Å²) in [5.74, 6) is -0.0157. The fourth-order valence-electron chi connectivity index (χ4n) is 2.82. The van der Waals surface area contributed by atoms with Crippen LogP contribution in [0.2, 0.25) is 0 Å². The van der Waals surface area contributed by atoms with E-state index in [0.717, 1.165) is 18.8 Å². The Morgan fingerprint density at radius 1 is 1.15 bits per heavy atom. The number of benzene rings is 1. The van der Waals surface area contributed by atoms with Gasteiger partial charge in [-0.25, -0.2) is 14.4 Å². The van der Waals surface area contributed by atoms with E-state index in [9.17, 15) is 13.2 Å². The second kappa shape index (κ2) is 8.61. The lowest BCUT2D eigenvalue weighted by molar-refractivity contribution is -0.0528. The van der Waals surface area contributed by atoms with Crippen molar-refractivity contribution in [2.45, 2.75) is 13.2 Å². The standard InChI is InChI=1S/C18H20F3N5O/c19-14-1-3-15(4-2-14)25-7-9-26(10-8-25)18(22)24-12-13-5-6-23-16(11-13)27-17(20)21/h1-6,11,17H,7-10,12H2,(H2,22,24). The second-order valence-corrected chi connectivity index (χ2v) is 6.01. The van der Waals surface area contributed by atoms with Crippen LogP contribution in [-0.4, -0.2) is 48.6 Å². The van der Waals surface area contributed by atoms with Gasteiger partial charge in [-0.1, -0.05) is 0 Å². The minimum atomic E-state index is -2.92. The van der Waals surface area contributed by atoms with Gasteiger partial charge in [-0.15, -0.1) is 0 Å². The van der Waals surface area contributed by atoms with Gasteiger partial charge in [0.15, 0.2) is 5.96 Å². The van der Waals surface area contributed by atoms with Crippen molar-refractivity contribution in [1.29, 1.82) is 0 Å². The van der Waals surface area contributed by atoms with Crippen LogP contribution in [0.15, 0.2) is 47.6 Å². The summed E-state index contributed by atoms with van der Waals surface area (Å²) in [6.07, 6.45) is 1.39. The van der Waals surface area contributed by atoms with Crippen LogP contribution in [0.4, 0.5) is 18.9 Å². The van der Waals surface area contributed by atoms with Gasteiger partial charge in [0.25, 0.3) is 0 Å². The minimum Gasteiger partial charge on any atom is -0.417 e. The zero-order valence-corrected chi connectivity index (χ0v) is 14.6. The summed E-state index contributed by atoms with van der Waals surface area (Å²) in [7, 11) is 0. The molecular weight excluding hydrogens is 359 g/mol. The van der Waals surface area contributed by atoms with Crippen LogP contribution < -0.4 is 15.4 Å². The number of piperazine rings is 1. The Hall–Kier alpha value is -2.97. The lowest BCUT2D eigenvalue weighted by Crippen LogP contribution is -2.51. The number of hydrogen-bond acceptors (Lipinski definition) is 4. The molecule has 1 aliphatic heterocycles. The molecule has 0 amide bonds. The lowest BCUT2D eigenvalue weighted by atomic mass is 10.2. The Morgan fingerprint density at radius 3 is 2.52 bits per heavy atom. The first-order valence-corrected chi connectivity index (χ1v) is 8.46. The molecule has 1 aromatic heterocycles. The Bertz CT molecular complexity index is 777. The summed E-state index contributed by atoms with van der Waals surface area (Å²) in [5, 5.41) is 0. The smallest absolute Gasteiger partial charge is 0.388 e. The fraction of sp³-hybridized carbons (Fsp3) is 0.333. The maximum Gasteiger partial charge on any atom is 0.388 e. The highest BCUT2D eigenvalue weighted by Gasteiger charge is 2.18. The number of aliphatic imine (C=N–C) groups is 1. The number of rotatable bonds is 5. The third kappa shape index (κ3) is 5.25. The third-order valence-electron chi connectivity index (χ3n) is 4.23. The highest BCUT2D eigenvalue weighted by Crippen LogP contribution is 2.17. The Labute approximate surface area is 155 Å². The van der Waals surface area contributed by atoms with Crippen molar-refractivity contribution < 1.29 is 17.9 Å². The number of pyridine rings is 1. The van der Waals surface area contributed by atoms with Crippen molar-refractivity contribution in [3.05, 3.63) is 54.0 Å². The van der Waals surface area contributed by atoms with E-state index in [1.807, 2.05) is 4.90 Å². The van der Waals surface area contributed by atoms with Crippen LogP contribution in [0.5, 0.6) is 5.88 Å². The van der Waals surface area contributed by atoms with Gasteiger partial charge in [-0.2, -0.15) is 8.78 Å². The van der Waals surface area contributed by atoms with Crippen molar-refractivity contribution in [1.82, 2.24) is 9.88 Å². The first kappa shape index (κ1) is 18.8. The van der Waals surface area contributed by atoms with Crippen LogP contribution in [0.25, 0.3) is 0 Å². The largest absolute Gasteiger partial charge is 0.417 e. The molecule has 0 radical (unpaired) electrons. The summed E-state index contributed by atoms with van der Waals surface area (Å²) in [6.45, 7) is 0.170. The molecule has 1 saturated heterocycles. The minimum absolute atomic E-state index is 0.149. The molecule has 6 nitrogen and oxygen atoms in total. The van der Waals surface area contributed by atoms with Crippen molar-refractivity contribution in [3.63, 3.8) is 0 Å². The van der Waals surface area contributed by atoms with Crippen molar-refractivity contribution >= 4 is 11.6 Å². The first-order valence-electron chi connectivity index (χ1n) is 8.46. The zero-order chi connectivity index (χ0) is 19.2. The van der Waals surface area contributed by atoms with Crippen LogP contribution in [0.1, 0.15) is 5.56 Å². The number of anilines is 1. The Kier molecular flexibility index (Phi) is 6.00. The predicted molar refractivity (Wildman–Crippen MR) is 96.4 cm³/mol.